The molecule has 4 N–H and O–H groups in total. The van der Waals surface area contributed by atoms with Crippen LogP contribution in [0.2, 0.25) is 0 Å². The Kier molecular flexibility index (Phi) is 6.21. The lowest BCUT2D eigenvalue weighted by molar-refractivity contribution is 0.200. The third-order valence-corrected chi connectivity index (χ3v) is 7.67. The van der Waals surface area contributed by atoms with Crippen LogP contribution in [-0.4, -0.2) is 38.6 Å². The number of halogens is 1. The average molecular weight is 458 g/mol. The predicted molar refractivity (Wildman–Crippen MR) is 123 cm³/mol. The molecule has 0 aliphatic heterocycles. The summed E-state index contributed by atoms with van der Waals surface area (Å²) in [6, 6.07) is 7.99. The van der Waals surface area contributed by atoms with Gasteiger partial charge in [0, 0.05) is 42.8 Å². The molecule has 0 unspecified atom stereocenters. The van der Waals surface area contributed by atoms with Crippen LogP contribution in [0.4, 0.5) is 16.0 Å². The maximum absolute atomic E-state index is 13.5. The summed E-state index contributed by atoms with van der Waals surface area (Å²) in [7, 11) is 0.330. The molecule has 4 rings (SSSR count). The quantitative estimate of drug-likeness (QED) is 0.405. The second-order valence-corrected chi connectivity index (χ2v) is 9.54. The van der Waals surface area contributed by atoms with Crippen LogP contribution in [0.1, 0.15) is 6.42 Å². The predicted octanol–water partition coefficient (Wildman–Crippen LogP) is 3.87. The molecule has 160 valence electrons. The summed E-state index contributed by atoms with van der Waals surface area (Å²) >= 11 is 1.30. The minimum absolute atomic E-state index is 0.165. The molecule has 31 heavy (non-hydrogen) atoms. The number of rotatable bonds is 7. The molecular weight excluding hydrogens is 437 g/mol. The highest BCUT2D eigenvalue weighted by Gasteiger charge is 2.21. The fourth-order valence-corrected chi connectivity index (χ4v) is 5.80. The maximum atomic E-state index is 13.5. The van der Waals surface area contributed by atoms with Gasteiger partial charge < -0.3 is 16.2 Å². The summed E-state index contributed by atoms with van der Waals surface area (Å²) < 4.78 is 32.0. The highest BCUT2D eigenvalue weighted by atomic mass is 32.2. The number of methoxy groups -OCH3 is 1. The fraction of sp³-hybridized carbons (Fsp3) is 0.190. The Morgan fingerprint density at radius 2 is 1.84 bits per heavy atom. The first kappa shape index (κ1) is 21.3. The van der Waals surface area contributed by atoms with Gasteiger partial charge in [0.25, 0.3) is 0 Å². The molecule has 1 aromatic carbocycles. The number of hydrogen-bond acceptors (Lipinski definition) is 8. The largest absolute Gasteiger partial charge is 0.396 e. The lowest BCUT2D eigenvalue weighted by Crippen LogP contribution is -2.02. The van der Waals surface area contributed by atoms with Crippen LogP contribution in [0.3, 0.4) is 0 Å². The summed E-state index contributed by atoms with van der Waals surface area (Å²) in [5.74, 6) is 0.271. The molecule has 0 aliphatic carbocycles. The number of aromatic nitrogens is 3. The minimum atomic E-state index is -1.28. The molecule has 0 radical (unpaired) electrons. The molecule has 0 aliphatic rings. The van der Waals surface area contributed by atoms with E-state index in [0.717, 1.165) is 11.1 Å². The van der Waals surface area contributed by atoms with E-state index < -0.39 is 10.8 Å². The standard InChI is InChI=1S/C21H20FN5O2S2/c1-29-7-2-8-31(28)20-18(23)17-15(12-3-5-14(22)6-4-12)9-16(27-19(17)30-20)13-10-25-21(24)26-11-13/h3-6,9-11H,2,7-8,23H2,1H3,(H2,24,25,26)/t31-/m0/s1. The Morgan fingerprint density at radius 1 is 1.13 bits per heavy atom. The van der Waals surface area contributed by atoms with Gasteiger partial charge in [0.2, 0.25) is 5.95 Å². The molecule has 1 atom stereocenters. The minimum Gasteiger partial charge on any atom is -0.396 e. The van der Waals surface area contributed by atoms with Gasteiger partial charge in [0.1, 0.15) is 14.9 Å². The number of nitrogens with two attached hydrogens (primary N) is 2. The molecule has 0 fully saturated rings. The van der Waals surface area contributed by atoms with Crippen LogP contribution in [-0.2, 0) is 15.5 Å². The van der Waals surface area contributed by atoms with Crippen LogP contribution >= 0.6 is 11.3 Å². The molecule has 0 amide bonds. The summed E-state index contributed by atoms with van der Waals surface area (Å²) in [5, 5.41) is 0.701. The van der Waals surface area contributed by atoms with Crippen molar-refractivity contribution >= 4 is 44.0 Å². The lowest BCUT2D eigenvalue weighted by Gasteiger charge is -2.09. The van der Waals surface area contributed by atoms with Crippen LogP contribution in [0, 0.1) is 5.82 Å². The first-order chi connectivity index (χ1) is 15.0. The maximum Gasteiger partial charge on any atom is 0.219 e. The third-order valence-electron chi connectivity index (χ3n) is 4.67. The van der Waals surface area contributed by atoms with Crippen molar-refractivity contribution in [3.05, 3.63) is 48.5 Å². The van der Waals surface area contributed by atoms with Crippen LogP contribution in [0.5, 0.6) is 0 Å². The zero-order valence-corrected chi connectivity index (χ0v) is 18.3. The van der Waals surface area contributed by atoms with Gasteiger partial charge in [-0.15, -0.1) is 11.3 Å². The topological polar surface area (TPSA) is 117 Å². The van der Waals surface area contributed by atoms with Gasteiger partial charge in [0.05, 0.1) is 22.2 Å². The average Bonchev–Trinajstić information content (AvgIpc) is 3.11. The van der Waals surface area contributed by atoms with Crippen molar-refractivity contribution in [2.45, 2.75) is 10.6 Å². The Morgan fingerprint density at radius 3 is 2.52 bits per heavy atom. The van der Waals surface area contributed by atoms with E-state index >= 15 is 0 Å². The van der Waals surface area contributed by atoms with E-state index in [1.807, 2.05) is 6.07 Å². The van der Waals surface area contributed by atoms with E-state index in [1.165, 1.54) is 23.5 Å². The molecule has 0 spiro atoms. The first-order valence-electron chi connectivity index (χ1n) is 9.42. The highest BCUT2D eigenvalue weighted by Crippen LogP contribution is 2.42. The molecule has 10 heteroatoms. The van der Waals surface area contributed by atoms with Gasteiger partial charge in [-0.2, -0.15) is 0 Å². The van der Waals surface area contributed by atoms with Gasteiger partial charge >= 0.3 is 0 Å². The van der Waals surface area contributed by atoms with E-state index in [0.29, 0.717) is 50.2 Å². The number of nitrogen functional groups attached to an aromatic ring is 2. The Balaban J connectivity index is 1.89. The van der Waals surface area contributed by atoms with Crippen LogP contribution < -0.4 is 11.5 Å². The second kappa shape index (κ2) is 9.04. The van der Waals surface area contributed by atoms with Gasteiger partial charge in [-0.1, -0.05) is 12.1 Å². The summed E-state index contributed by atoms with van der Waals surface area (Å²) in [5.41, 5.74) is 15.3. The monoisotopic (exact) mass is 457 g/mol. The van der Waals surface area contributed by atoms with Crippen molar-refractivity contribution < 1.29 is 13.3 Å². The number of pyridine rings is 1. The van der Waals surface area contributed by atoms with E-state index in [2.05, 4.69) is 9.97 Å². The van der Waals surface area contributed by atoms with Gasteiger partial charge in [0.15, 0.2) is 0 Å². The zero-order valence-electron chi connectivity index (χ0n) is 16.7. The Hall–Kier alpha value is -2.95. The van der Waals surface area contributed by atoms with E-state index in [-0.39, 0.29) is 11.8 Å². The summed E-state index contributed by atoms with van der Waals surface area (Å²) in [6.45, 7) is 0.525. The number of hydrogen-bond donors (Lipinski definition) is 2. The van der Waals surface area contributed by atoms with Crippen LogP contribution in [0.15, 0.2) is 46.9 Å². The fourth-order valence-electron chi connectivity index (χ4n) is 3.17. The number of ether oxygens (including phenoxy) is 1. The molecule has 4 aromatic rings. The molecule has 3 aromatic heterocycles. The van der Waals surface area contributed by atoms with E-state index in [4.69, 9.17) is 21.2 Å². The summed E-state index contributed by atoms with van der Waals surface area (Å²) in [4.78, 5) is 13.4. The lowest BCUT2D eigenvalue weighted by atomic mass is 10.0. The molecule has 0 saturated heterocycles. The van der Waals surface area contributed by atoms with Crippen molar-refractivity contribution in [1.82, 2.24) is 15.0 Å². The van der Waals surface area contributed by atoms with Gasteiger partial charge in [-0.05, 0) is 35.7 Å². The Bertz CT molecular complexity index is 1240. The van der Waals surface area contributed by atoms with Crippen molar-refractivity contribution in [2.24, 2.45) is 0 Å². The van der Waals surface area contributed by atoms with Crippen LogP contribution in [0.25, 0.3) is 32.6 Å². The normalized spacial score (nSPS) is 12.3. The van der Waals surface area contributed by atoms with Crippen molar-refractivity contribution in [3.8, 4) is 22.4 Å². The van der Waals surface area contributed by atoms with Gasteiger partial charge in [-0.3, -0.25) is 4.21 Å². The number of nitrogens with zero attached hydrogens (tertiary/aromatic N) is 3. The zero-order chi connectivity index (χ0) is 22.0. The van der Waals surface area contributed by atoms with Crippen molar-refractivity contribution in [1.29, 1.82) is 0 Å². The summed E-state index contributed by atoms with van der Waals surface area (Å²) in [6.07, 6.45) is 3.83. The molecule has 7 nitrogen and oxygen atoms in total. The second-order valence-electron chi connectivity index (χ2n) is 6.77. The molecule has 0 bridgehead atoms. The van der Waals surface area contributed by atoms with Gasteiger partial charge in [-0.25, -0.2) is 19.3 Å². The number of anilines is 2. The Labute approximate surface area is 184 Å². The van der Waals surface area contributed by atoms with E-state index in [9.17, 15) is 8.60 Å². The van der Waals surface area contributed by atoms with Crippen molar-refractivity contribution in [3.63, 3.8) is 0 Å². The smallest absolute Gasteiger partial charge is 0.219 e. The first-order valence-corrected chi connectivity index (χ1v) is 11.6. The highest BCUT2D eigenvalue weighted by molar-refractivity contribution is 7.87. The molecule has 3 heterocycles. The number of thiophene rings is 1. The number of benzene rings is 1. The number of fused-ring (bicyclic) bond motifs is 1. The van der Waals surface area contributed by atoms with Crippen molar-refractivity contribution in [2.75, 3.05) is 30.9 Å². The molecular formula is C21H20FN5O2S2. The van der Waals surface area contributed by atoms with E-state index in [1.54, 1.807) is 31.6 Å². The SMILES string of the molecule is COCCC[S@](=O)c1sc2nc(-c3cnc(N)nc3)cc(-c3ccc(F)cc3)c2c1N. The molecule has 0 saturated carbocycles. The third kappa shape index (κ3) is 4.41.